The maximum atomic E-state index is 14.5. The average Bonchev–Trinajstić information content (AvgIpc) is 3.66. The summed E-state index contributed by atoms with van der Waals surface area (Å²) in [5.74, 6) is -4.32. The van der Waals surface area contributed by atoms with Gasteiger partial charge in [0, 0.05) is 24.1 Å². The second-order valence-corrected chi connectivity index (χ2v) is 16.7. The second-order valence-electron chi connectivity index (χ2n) is 14.8. The molecule has 0 aromatic heterocycles. The number of nitrogens with zero attached hydrogens (tertiary/aromatic N) is 2. The SMILES string of the molecule is COC(=O)[C@H](Cc1ccc(OC(F)(F)F)cc1)NC(=O)[C@H](C)NC(=O)[C@H](CC(C)C)NC(=O)[C@@H]1CC[C@H](c2c(O)ccc3ccccc23)N1S(=O)(=O)c1ccc([N+](=O)[O-])cc1. The molecular formula is C41H44F3N5O11S. The van der Waals surface area contributed by atoms with Crippen LogP contribution in [0.15, 0.2) is 89.8 Å². The summed E-state index contributed by atoms with van der Waals surface area (Å²) in [5, 5.41) is 31.4. The van der Waals surface area contributed by atoms with E-state index in [4.69, 9.17) is 4.74 Å². The van der Waals surface area contributed by atoms with E-state index in [9.17, 15) is 56.0 Å². The molecule has 1 saturated heterocycles. The summed E-state index contributed by atoms with van der Waals surface area (Å²) in [7, 11) is -3.55. The fourth-order valence-corrected chi connectivity index (χ4v) is 8.99. The second kappa shape index (κ2) is 19.0. The predicted octanol–water partition coefficient (Wildman–Crippen LogP) is 5.18. The summed E-state index contributed by atoms with van der Waals surface area (Å²) in [5.41, 5.74) is 0.223. The molecule has 5 atom stereocenters. The molecule has 1 aliphatic rings. The number of halogens is 3. The van der Waals surface area contributed by atoms with Gasteiger partial charge in [-0.3, -0.25) is 24.5 Å². The summed E-state index contributed by atoms with van der Waals surface area (Å²) < 4.78 is 76.4. The van der Waals surface area contributed by atoms with Crippen LogP contribution in [0.1, 0.15) is 57.2 Å². The van der Waals surface area contributed by atoms with Crippen molar-refractivity contribution >= 4 is 50.2 Å². The highest BCUT2D eigenvalue weighted by Gasteiger charge is 2.48. The largest absolute Gasteiger partial charge is 0.573 e. The van der Waals surface area contributed by atoms with E-state index in [1.165, 1.54) is 25.1 Å². The van der Waals surface area contributed by atoms with Crippen LogP contribution in [-0.2, 0) is 40.4 Å². The van der Waals surface area contributed by atoms with Crippen molar-refractivity contribution in [2.24, 2.45) is 5.92 Å². The lowest BCUT2D eigenvalue weighted by Crippen LogP contribution is -2.57. The minimum absolute atomic E-state index is 0.0418. The number of non-ortho nitro benzene ring substituents is 1. The van der Waals surface area contributed by atoms with Crippen LogP contribution in [0, 0.1) is 16.0 Å². The molecule has 0 radical (unpaired) electrons. The molecule has 5 rings (SSSR count). The fourth-order valence-electron chi connectivity index (χ4n) is 7.18. The van der Waals surface area contributed by atoms with Gasteiger partial charge in [0.05, 0.1) is 23.0 Å². The number of carbonyl (C=O) groups is 4. The van der Waals surface area contributed by atoms with Gasteiger partial charge < -0.3 is 30.5 Å². The van der Waals surface area contributed by atoms with Crippen LogP contribution < -0.4 is 20.7 Å². The first kappa shape index (κ1) is 45.8. The Hall–Kier alpha value is -6.28. The first-order valence-electron chi connectivity index (χ1n) is 19.0. The van der Waals surface area contributed by atoms with Crippen LogP contribution in [0.5, 0.6) is 11.5 Å². The molecule has 1 aliphatic heterocycles. The third-order valence-electron chi connectivity index (χ3n) is 10.0. The number of nitrogens with one attached hydrogen (secondary N) is 3. The summed E-state index contributed by atoms with van der Waals surface area (Å²) >= 11 is 0. The van der Waals surface area contributed by atoms with Crippen LogP contribution in [0.2, 0.25) is 0 Å². The Bertz CT molecular complexity index is 2380. The molecule has 3 amide bonds. The van der Waals surface area contributed by atoms with E-state index in [0.717, 1.165) is 47.8 Å². The summed E-state index contributed by atoms with van der Waals surface area (Å²) in [6, 6.07) is 12.3. The first-order valence-corrected chi connectivity index (χ1v) is 20.5. The zero-order chi connectivity index (χ0) is 44.8. The van der Waals surface area contributed by atoms with E-state index in [0.29, 0.717) is 16.3 Å². The molecule has 4 aromatic rings. The van der Waals surface area contributed by atoms with E-state index in [1.807, 2.05) is 0 Å². The number of hydrogen-bond donors (Lipinski definition) is 4. The Balaban J connectivity index is 1.37. The molecular weight excluding hydrogens is 828 g/mol. The van der Waals surface area contributed by atoms with Gasteiger partial charge in [0.15, 0.2) is 0 Å². The average molecular weight is 872 g/mol. The number of phenolic OH excluding ortho intramolecular Hbond substituents is 1. The van der Waals surface area contributed by atoms with Gasteiger partial charge in [-0.05, 0) is 78.8 Å². The van der Waals surface area contributed by atoms with E-state index in [-0.39, 0.29) is 53.5 Å². The van der Waals surface area contributed by atoms with Crippen molar-refractivity contribution in [3.63, 3.8) is 0 Å². The molecule has 4 N–H and O–H groups in total. The molecule has 4 aromatic carbocycles. The summed E-state index contributed by atoms with van der Waals surface area (Å²) in [6.45, 7) is 4.85. The topological polar surface area (TPSA) is 224 Å². The lowest BCUT2D eigenvalue weighted by molar-refractivity contribution is -0.384. The zero-order valence-corrected chi connectivity index (χ0v) is 34.2. The van der Waals surface area contributed by atoms with Crippen molar-refractivity contribution in [3.05, 3.63) is 106 Å². The van der Waals surface area contributed by atoms with Gasteiger partial charge in [-0.2, -0.15) is 4.31 Å². The normalized spacial score (nSPS) is 17.2. The fraction of sp³-hybridized carbons (Fsp3) is 0.366. The molecule has 1 heterocycles. The molecule has 20 heteroatoms. The lowest BCUT2D eigenvalue weighted by Gasteiger charge is -2.31. The van der Waals surface area contributed by atoms with Gasteiger partial charge in [-0.15, -0.1) is 13.2 Å². The Kier molecular flexibility index (Phi) is 14.2. The molecule has 326 valence electrons. The van der Waals surface area contributed by atoms with Crippen molar-refractivity contribution < 1.29 is 60.3 Å². The smallest absolute Gasteiger partial charge is 0.508 e. The third kappa shape index (κ3) is 11.1. The van der Waals surface area contributed by atoms with Crippen LogP contribution >= 0.6 is 0 Å². The van der Waals surface area contributed by atoms with Gasteiger partial charge in [0.2, 0.25) is 27.7 Å². The van der Waals surface area contributed by atoms with Crippen molar-refractivity contribution in [3.8, 4) is 11.5 Å². The Labute approximate surface area is 348 Å². The highest BCUT2D eigenvalue weighted by atomic mass is 32.2. The summed E-state index contributed by atoms with van der Waals surface area (Å²) in [6.07, 6.45) is -5.05. The standard InChI is InChI=1S/C41H44F3N5O11S/c1-23(2)21-31(38(52)45-24(3)37(51)47-32(40(54)59-4)22-25-9-14-28(15-10-25)60-41(42,43)44)46-39(53)34-19-18-33(36-30-8-6-5-7-26(30)11-20-35(36)50)48(34)61(57,58)29-16-12-27(13-17-29)49(55)56/h5-17,20,23-24,31-34,50H,18-19,21-22H2,1-4H3,(H,45,52)(H,46,53)(H,47,51)/t24-,31-,32-,33+,34-/m0/s1. The minimum atomic E-state index is -4.91. The minimum Gasteiger partial charge on any atom is -0.508 e. The van der Waals surface area contributed by atoms with Crippen LogP contribution in [-0.4, -0.2) is 84.1 Å². The quantitative estimate of drug-likeness (QED) is 0.0652. The van der Waals surface area contributed by atoms with E-state index in [2.05, 4.69) is 20.7 Å². The van der Waals surface area contributed by atoms with Crippen molar-refractivity contribution in [2.75, 3.05) is 7.11 Å². The molecule has 1 fully saturated rings. The number of sulfonamides is 1. The van der Waals surface area contributed by atoms with E-state index < -0.39 is 81.0 Å². The Morgan fingerprint density at radius 3 is 2.15 bits per heavy atom. The highest BCUT2D eigenvalue weighted by molar-refractivity contribution is 7.89. The number of phenols is 1. The number of fused-ring (bicyclic) bond motifs is 1. The lowest BCUT2D eigenvalue weighted by atomic mass is 9.96. The van der Waals surface area contributed by atoms with Gasteiger partial charge in [-0.1, -0.05) is 56.3 Å². The van der Waals surface area contributed by atoms with Crippen LogP contribution in [0.3, 0.4) is 0 Å². The number of amides is 3. The van der Waals surface area contributed by atoms with E-state index >= 15 is 0 Å². The van der Waals surface area contributed by atoms with Crippen molar-refractivity contribution in [1.82, 2.24) is 20.3 Å². The number of ether oxygens (including phenoxy) is 2. The van der Waals surface area contributed by atoms with E-state index in [1.54, 1.807) is 44.2 Å². The maximum Gasteiger partial charge on any atom is 0.573 e. The Morgan fingerprint density at radius 2 is 1.54 bits per heavy atom. The number of alkyl halides is 3. The zero-order valence-electron chi connectivity index (χ0n) is 33.3. The molecule has 61 heavy (non-hydrogen) atoms. The third-order valence-corrected chi connectivity index (χ3v) is 12.0. The first-order chi connectivity index (χ1) is 28.7. The molecule has 16 nitrogen and oxygen atoms in total. The van der Waals surface area contributed by atoms with Crippen LogP contribution in [0.25, 0.3) is 10.8 Å². The molecule has 0 unspecified atom stereocenters. The van der Waals surface area contributed by atoms with Gasteiger partial charge >= 0.3 is 12.3 Å². The van der Waals surface area contributed by atoms with Crippen molar-refractivity contribution in [1.29, 1.82) is 0 Å². The number of nitro benzene ring substituents is 1. The number of rotatable bonds is 16. The number of aromatic hydroxyl groups is 1. The number of methoxy groups -OCH3 is 1. The van der Waals surface area contributed by atoms with Gasteiger partial charge in [-0.25, -0.2) is 13.2 Å². The number of hydrogen-bond acceptors (Lipinski definition) is 11. The Morgan fingerprint density at radius 1 is 0.885 bits per heavy atom. The molecule has 0 bridgehead atoms. The monoisotopic (exact) mass is 871 g/mol. The van der Waals surface area contributed by atoms with Crippen molar-refractivity contribution in [2.45, 2.75) is 87.9 Å². The molecule has 0 aliphatic carbocycles. The maximum absolute atomic E-state index is 14.5. The molecule has 0 spiro atoms. The van der Waals surface area contributed by atoms with Crippen LogP contribution in [0.4, 0.5) is 18.9 Å². The predicted molar refractivity (Wildman–Crippen MR) is 213 cm³/mol. The molecule has 0 saturated carbocycles. The number of esters is 1. The summed E-state index contributed by atoms with van der Waals surface area (Å²) in [4.78, 5) is 64.3. The van der Waals surface area contributed by atoms with Gasteiger partial charge in [0.25, 0.3) is 5.69 Å². The van der Waals surface area contributed by atoms with Gasteiger partial charge in [0.1, 0.15) is 35.7 Å². The highest BCUT2D eigenvalue weighted by Crippen LogP contribution is 2.46. The number of benzene rings is 4. The number of carbonyl (C=O) groups excluding carboxylic acids is 4. The number of nitro groups is 1.